The Balaban J connectivity index is 1.99. The van der Waals surface area contributed by atoms with E-state index in [2.05, 4.69) is 68.5 Å². The molecule has 12 amide bonds. The number of phenols is 1. The van der Waals surface area contributed by atoms with Gasteiger partial charge < -0.3 is 112 Å². The summed E-state index contributed by atoms with van der Waals surface area (Å²) < 4.78 is 0. The number of carboxylic acid groups (broad SMARTS) is 4. The van der Waals surface area contributed by atoms with Crippen LogP contribution in [0.5, 0.6) is 5.75 Å². The van der Waals surface area contributed by atoms with Crippen LogP contribution in [0.15, 0.2) is 67.1 Å². The summed E-state index contributed by atoms with van der Waals surface area (Å²) in [6.07, 6.45) is -1.67. The molecule has 38 nitrogen and oxygen atoms in total. The van der Waals surface area contributed by atoms with Crippen molar-refractivity contribution in [2.75, 3.05) is 19.6 Å². The van der Waals surface area contributed by atoms with Crippen molar-refractivity contribution >= 4 is 94.8 Å². The number of carbonyl (C=O) groups excluding carboxylic acids is 12. The van der Waals surface area contributed by atoms with E-state index < -0.39 is 225 Å². The van der Waals surface area contributed by atoms with Gasteiger partial charge in [-0.1, -0.05) is 76.6 Å². The van der Waals surface area contributed by atoms with Gasteiger partial charge in [0.2, 0.25) is 70.9 Å². The van der Waals surface area contributed by atoms with Gasteiger partial charge in [0.25, 0.3) is 0 Å². The van der Waals surface area contributed by atoms with Crippen LogP contribution in [0.2, 0.25) is 0 Å². The summed E-state index contributed by atoms with van der Waals surface area (Å²) in [6, 6.07) is -4.43. The zero-order chi connectivity index (χ0) is 78.5. The van der Waals surface area contributed by atoms with E-state index in [1.54, 1.807) is 44.2 Å². The van der Waals surface area contributed by atoms with Crippen LogP contribution in [0.4, 0.5) is 0 Å². The zero-order valence-electron chi connectivity index (χ0n) is 58.8. The maximum Gasteiger partial charge on any atom is 0.326 e. The van der Waals surface area contributed by atoms with Crippen molar-refractivity contribution in [1.29, 1.82) is 0 Å². The second-order valence-corrected chi connectivity index (χ2v) is 25.7. The highest BCUT2D eigenvalue weighted by atomic mass is 16.4. The highest BCUT2D eigenvalue weighted by Gasteiger charge is 2.38. The number of H-pyrrole nitrogens is 1. The molecule has 3 rings (SSSR count). The summed E-state index contributed by atoms with van der Waals surface area (Å²) in [5.74, 6) is -19.9. The quantitative estimate of drug-likeness (QED) is 0.0237. The molecular formula is C67H99N17O21. The van der Waals surface area contributed by atoms with E-state index in [-0.39, 0.29) is 56.5 Å². The molecule has 3 aromatic rings. The van der Waals surface area contributed by atoms with Crippen molar-refractivity contribution in [2.24, 2.45) is 34.8 Å². The smallest absolute Gasteiger partial charge is 0.326 e. The number of hydrogen-bond donors (Lipinski definition) is 21. The number of carboxylic acids is 4. The summed E-state index contributed by atoms with van der Waals surface area (Å²) in [7, 11) is 0. The lowest BCUT2D eigenvalue weighted by atomic mass is 10.0. The molecule has 0 bridgehead atoms. The van der Waals surface area contributed by atoms with Crippen molar-refractivity contribution in [2.45, 2.75) is 197 Å². The molecule has 1 aromatic heterocycles. The molecule has 578 valence electrons. The minimum absolute atomic E-state index is 0.113. The highest BCUT2D eigenvalue weighted by molar-refractivity contribution is 6.00. The first-order valence-corrected chi connectivity index (χ1v) is 34.0. The lowest BCUT2D eigenvalue weighted by Crippen LogP contribution is -2.61. The molecule has 11 atom stereocenters. The minimum Gasteiger partial charge on any atom is -0.508 e. The molecule has 0 radical (unpaired) electrons. The van der Waals surface area contributed by atoms with E-state index in [9.17, 15) is 102 Å². The van der Waals surface area contributed by atoms with Crippen molar-refractivity contribution in [1.82, 2.24) is 68.5 Å². The van der Waals surface area contributed by atoms with E-state index in [0.717, 1.165) is 0 Å². The average molecular weight is 1480 g/mol. The van der Waals surface area contributed by atoms with E-state index in [1.807, 2.05) is 0 Å². The molecule has 0 fully saturated rings. The van der Waals surface area contributed by atoms with Gasteiger partial charge in [-0.15, -0.1) is 0 Å². The van der Waals surface area contributed by atoms with Gasteiger partial charge in [-0.25, -0.2) is 9.78 Å². The predicted molar refractivity (Wildman–Crippen MR) is 372 cm³/mol. The van der Waals surface area contributed by atoms with Crippen LogP contribution in [-0.2, 0) is 96.0 Å². The maximum atomic E-state index is 14.8. The molecule has 1 heterocycles. The third kappa shape index (κ3) is 33.7. The molecule has 0 aliphatic rings. The Kier molecular flexibility index (Phi) is 38.4. The van der Waals surface area contributed by atoms with Gasteiger partial charge in [-0.3, -0.25) is 71.9 Å². The number of amides is 12. The summed E-state index contributed by atoms with van der Waals surface area (Å²) in [4.78, 5) is 221. The molecule has 0 spiro atoms. The third-order valence-corrected chi connectivity index (χ3v) is 16.0. The molecular weight excluding hydrogens is 1380 g/mol. The SMILES string of the molecule is CC(C)C[C@H](NC(=O)[C@H](Cc1c[nH]cn1)NC(=O)[C@H](CCCCN)NC(=O)[C@H](Cc1ccc(O)cc1)NC(=O)[C@H](CCC(=O)O)NC(=O)[C@H](CC(=O)O)NC(=O)[C@@H](N)CCCCN)C(=O)N[C@@H](CC(N)=O)C(=O)N[C@@H](Cc1ccccc1)C(=O)NCC(=O)N[C@@H](CCC(=O)O)C(=O)N[C@H](C(=O)O)C(C)C. The van der Waals surface area contributed by atoms with Crippen LogP contribution < -0.4 is 81.4 Å². The topological polar surface area (TPSA) is 639 Å². The largest absolute Gasteiger partial charge is 0.508 e. The third-order valence-electron chi connectivity index (χ3n) is 16.0. The molecule has 105 heavy (non-hydrogen) atoms. The van der Waals surface area contributed by atoms with Gasteiger partial charge in [-0.05, 0) is 99.6 Å². The van der Waals surface area contributed by atoms with Gasteiger partial charge in [0.15, 0.2) is 0 Å². The number of primary amides is 1. The number of carbonyl (C=O) groups is 16. The fraction of sp³-hybridized carbons (Fsp3) is 0.537. The number of nitrogens with two attached hydrogens (primary N) is 4. The molecule has 0 saturated heterocycles. The number of hydrogen-bond acceptors (Lipinski definition) is 21. The highest BCUT2D eigenvalue weighted by Crippen LogP contribution is 2.16. The van der Waals surface area contributed by atoms with E-state index >= 15 is 0 Å². The van der Waals surface area contributed by atoms with Crippen LogP contribution >= 0.6 is 0 Å². The number of rotatable bonds is 50. The molecule has 25 N–H and O–H groups in total. The lowest BCUT2D eigenvalue weighted by molar-refractivity contribution is -0.144. The molecule has 0 aliphatic heterocycles. The van der Waals surface area contributed by atoms with E-state index in [1.165, 1.54) is 50.6 Å². The van der Waals surface area contributed by atoms with Crippen LogP contribution in [0.25, 0.3) is 0 Å². The van der Waals surface area contributed by atoms with Crippen LogP contribution in [0.1, 0.15) is 128 Å². The summed E-state index contributed by atoms with van der Waals surface area (Å²) >= 11 is 0. The van der Waals surface area contributed by atoms with Gasteiger partial charge in [0, 0.05) is 38.3 Å². The van der Waals surface area contributed by atoms with E-state index in [4.69, 9.17) is 22.9 Å². The Hall–Kier alpha value is -11.2. The van der Waals surface area contributed by atoms with Crippen molar-refractivity contribution < 1.29 is 102 Å². The van der Waals surface area contributed by atoms with Crippen molar-refractivity contribution in [3.63, 3.8) is 0 Å². The van der Waals surface area contributed by atoms with Crippen LogP contribution in [0, 0.1) is 11.8 Å². The summed E-state index contributed by atoms with van der Waals surface area (Å²) in [6.45, 7) is 5.88. The lowest BCUT2D eigenvalue weighted by Gasteiger charge is -2.28. The minimum atomic E-state index is -1.86. The maximum absolute atomic E-state index is 14.8. The molecule has 0 unspecified atom stereocenters. The number of aromatic amines is 1. The first-order chi connectivity index (χ1) is 49.6. The number of phenolic OH excluding ortho intramolecular Hbond substituents is 1. The first-order valence-electron chi connectivity index (χ1n) is 34.0. The second-order valence-electron chi connectivity index (χ2n) is 25.7. The van der Waals surface area contributed by atoms with Gasteiger partial charge >= 0.3 is 23.9 Å². The number of aromatic nitrogens is 2. The monoisotopic (exact) mass is 1480 g/mol. The Bertz CT molecular complexity index is 3430. The number of aromatic hydroxyl groups is 1. The standard InChI is InChI=1S/C67H99N17O21/c1-35(2)26-45(62(99)83-49(30-51(71)86)65(102)80-46(27-37-12-6-5-7-13-37)58(95)73-33-52(87)75-43(20-22-53(88)89)61(98)84-56(36(3)4)67(104)105)79-64(101)48(29-39-32-72-34-74-39)82-59(96)42(15-9-11-25-69)76-63(100)47(28-38-16-18-40(85)19-17-38)81-60(97)44(21-23-54(90)91)77-66(103)50(31-55(92)93)78-57(94)41(70)14-8-10-24-68/h5-7,12-13,16-19,32,34-36,41-50,56,85H,8-11,14-15,20-31,33,68-70H2,1-4H3,(H2,71,86)(H,72,74)(H,73,95)(H,75,87)(H,76,100)(H,77,103)(H,78,94)(H,79,101)(H,80,102)(H,81,97)(H,82,96)(H,83,99)(H,84,98)(H,88,89)(H,90,91)(H,92,93)(H,104,105)/t41-,42-,43-,44-,45-,46-,47-,48-,49-,50-,56-/m0/s1. The summed E-state index contributed by atoms with van der Waals surface area (Å²) in [5, 5.41) is 75.0. The Morgan fingerprint density at radius 1 is 0.457 bits per heavy atom. The molecule has 2 aromatic carbocycles. The Morgan fingerprint density at radius 2 is 0.886 bits per heavy atom. The number of unbranched alkanes of at least 4 members (excludes halogenated alkanes) is 2. The normalized spacial score (nSPS) is 14.2. The van der Waals surface area contributed by atoms with Crippen molar-refractivity contribution in [3.05, 3.63) is 83.9 Å². The van der Waals surface area contributed by atoms with Crippen LogP contribution in [-0.4, -0.2) is 216 Å². The van der Waals surface area contributed by atoms with Crippen molar-refractivity contribution in [3.8, 4) is 5.75 Å². The summed E-state index contributed by atoms with van der Waals surface area (Å²) in [5.41, 5.74) is 23.9. The van der Waals surface area contributed by atoms with Crippen LogP contribution in [0.3, 0.4) is 0 Å². The molecule has 38 heteroatoms. The Labute approximate surface area is 604 Å². The fourth-order valence-corrected chi connectivity index (χ4v) is 10.4. The molecule has 0 saturated carbocycles. The second kappa shape index (κ2) is 45.8. The number of imidazole rings is 1. The number of benzene rings is 2. The van der Waals surface area contributed by atoms with Gasteiger partial charge in [-0.2, -0.15) is 0 Å². The number of nitrogens with zero attached hydrogens (tertiary/aromatic N) is 1. The first kappa shape index (κ1) is 88.1. The number of aliphatic carboxylic acids is 4. The van der Waals surface area contributed by atoms with E-state index in [0.29, 0.717) is 36.9 Å². The molecule has 0 aliphatic carbocycles. The Morgan fingerprint density at radius 3 is 1.37 bits per heavy atom. The average Bonchev–Trinajstić information content (AvgIpc) is 1.77. The zero-order valence-corrected chi connectivity index (χ0v) is 58.8. The predicted octanol–water partition coefficient (Wildman–Crippen LogP) is -4.44. The number of nitrogens with one attached hydrogen (secondary N) is 12. The fourth-order valence-electron chi connectivity index (χ4n) is 10.4. The van der Waals surface area contributed by atoms with Gasteiger partial charge in [0.05, 0.1) is 37.4 Å². The van der Waals surface area contributed by atoms with Gasteiger partial charge in [0.1, 0.15) is 66.2 Å².